The second-order valence-electron chi connectivity index (χ2n) is 8.27. The number of likely N-dealkylation sites (tertiary alicyclic amines) is 1. The van der Waals surface area contributed by atoms with E-state index in [-0.39, 0.29) is 30.7 Å². The number of carbonyl (C=O) groups excluding carboxylic acids is 2. The smallest absolute Gasteiger partial charge is 0.406 e. The lowest BCUT2D eigenvalue weighted by Gasteiger charge is -2.44. The number of piperidine rings is 1. The molecule has 30 heavy (non-hydrogen) atoms. The number of halogens is 3. The number of hydrogen-bond acceptors (Lipinski definition) is 3. The van der Waals surface area contributed by atoms with Gasteiger partial charge in [-0.15, -0.1) is 13.2 Å². The SMILES string of the molecule is C[NH+](CC(=O)Nc1ccc(OC(F)(F)F)cc1)CC(=O)N1CCC[C@@H]2CCCC[C@@H]21. The molecule has 1 aliphatic carbocycles. The third kappa shape index (κ3) is 6.35. The first-order chi connectivity index (χ1) is 14.2. The van der Waals surface area contributed by atoms with Crippen molar-refractivity contribution in [2.24, 2.45) is 5.92 Å². The summed E-state index contributed by atoms with van der Waals surface area (Å²) in [4.78, 5) is 27.9. The topological polar surface area (TPSA) is 63.1 Å². The van der Waals surface area contributed by atoms with Crippen LogP contribution in [-0.4, -0.2) is 55.8 Å². The van der Waals surface area contributed by atoms with Crippen molar-refractivity contribution in [1.82, 2.24) is 4.90 Å². The van der Waals surface area contributed by atoms with Crippen molar-refractivity contribution in [3.63, 3.8) is 0 Å². The second kappa shape index (κ2) is 9.68. The Balaban J connectivity index is 1.46. The molecule has 9 heteroatoms. The molecule has 0 radical (unpaired) electrons. The molecule has 3 rings (SSSR count). The zero-order chi connectivity index (χ0) is 21.7. The number of quaternary nitrogens is 1. The van der Waals surface area contributed by atoms with Crippen LogP contribution in [0.1, 0.15) is 38.5 Å². The van der Waals surface area contributed by atoms with E-state index in [1.807, 2.05) is 4.90 Å². The first kappa shape index (κ1) is 22.4. The van der Waals surface area contributed by atoms with Crippen LogP contribution in [0.2, 0.25) is 0 Å². The van der Waals surface area contributed by atoms with Gasteiger partial charge in [0.25, 0.3) is 11.8 Å². The van der Waals surface area contributed by atoms with Crippen LogP contribution in [0, 0.1) is 5.92 Å². The van der Waals surface area contributed by atoms with E-state index in [2.05, 4.69) is 10.1 Å². The number of rotatable bonds is 6. The summed E-state index contributed by atoms with van der Waals surface area (Å²) in [6.07, 6.45) is 2.18. The van der Waals surface area contributed by atoms with E-state index < -0.39 is 6.36 Å². The Labute approximate surface area is 174 Å². The molecule has 3 atom stereocenters. The summed E-state index contributed by atoms with van der Waals surface area (Å²) >= 11 is 0. The van der Waals surface area contributed by atoms with Crippen molar-refractivity contribution < 1.29 is 32.4 Å². The number of ether oxygens (including phenoxy) is 1. The van der Waals surface area contributed by atoms with Crippen molar-refractivity contribution in [3.05, 3.63) is 24.3 Å². The van der Waals surface area contributed by atoms with Gasteiger partial charge in [0, 0.05) is 18.3 Å². The number of hydrogen-bond donors (Lipinski definition) is 2. The molecule has 1 heterocycles. The molecule has 1 saturated carbocycles. The molecule has 2 aliphatic rings. The Morgan fingerprint density at radius 3 is 2.47 bits per heavy atom. The number of alkyl halides is 3. The van der Waals surface area contributed by atoms with Gasteiger partial charge in [-0.05, 0) is 55.9 Å². The summed E-state index contributed by atoms with van der Waals surface area (Å²) in [6.45, 7) is 1.13. The summed E-state index contributed by atoms with van der Waals surface area (Å²) in [6, 6.07) is 5.31. The van der Waals surface area contributed by atoms with Crippen LogP contribution in [0.25, 0.3) is 0 Å². The van der Waals surface area contributed by atoms with Gasteiger partial charge < -0.3 is 19.9 Å². The van der Waals surface area contributed by atoms with Gasteiger partial charge in [-0.1, -0.05) is 12.8 Å². The highest BCUT2D eigenvalue weighted by Gasteiger charge is 2.36. The van der Waals surface area contributed by atoms with E-state index in [0.717, 1.165) is 36.4 Å². The molecule has 0 bridgehead atoms. The Bertz CT molecular complexity index is 737. The minimum atomic E-state index is -4.75. The first-order valence-corrected chi connectivity index (χ1v) is 10.5. The zero-order valence-corrected chi connectivity index (χ0v) is 17.1. The standard InChI is InChI=1S/C21H28F3N3O3/c1-26(14-20(29)27-12-4-6-15-5-2-3-7-18(15)27)13-19(28)25-16-8-10-17(11-9-16)30-21(22,23)24/h8-11,15,18H,2-7,12-14H2,1H3,(H,25,28)/p+1/t15-,18-/m0/s1. The average Bonchev–Trinajstić information content (AvgIpc) is 2.67. The maximum absolute atomic E-state index is 12.8. The van der Waals surface area contributed by atoms with Crippen LogP contribution in [0.3, 0.4) is 0 Å². The molecule has 2 amide bonds. The van der Waals surface area contributed by atoms with Gasteiger partial charge in [0.1, 0.15) is 5.75 Å². The maximum atomic E-state index is 12.8. The molecular formula is C21H29F3N3O3+. The zero-order valence-electron chi connectivity index (χ0n) is 17.1. The monoisotopic (exact) mass is 428 g/mol. The molecule has 2 fully saturated rings. The summed E-state index contributed by atoms with van der Waals surface area (Å²) in [5, 5.41) is 2.64. The summed E-state index contributed by atoms with van der Waals surface area (Å²) in [5.74, 6) is 0.0465. The van der Waals surface area contributed by atoms with E-state index in [4.69, 9.17) is 0 Å². The molecule has 0 aromatic heterocycles. The van der Waals surface area contributed by atoms with E-state index in [1.54, 1.807) is 7.05 Å². The molecule has 2 N–H and O–H groups in total. The van der Waals surface area contributed by atoms with Gasteiger partial charge in [-0.3, -0.25) is 9.59 Å². The summed E-state index contributed by atoms with van der Waals surface area (Å²) in [7, 11) is 1.79. The number of likely N-dealkylation sites (N-methyl/N-ethyl adjacent to an activating group) is 1. The molecule has 6 nitrogen and oxygen atoms in total. The van der Waals surface area contributed by atoms with Gasteiger partial charge in [-0.2, -0.15) is 0 Å². The quantitative estimate of drug-likeness (QED) is 0.731. The largest absolute Gasteiger partial charge is 0.573 e. The number of benzene rings is 1. The predicted octanol–water partition coefficient (Wildman–Crippen LogP) is 2.22. The second-order valence-corrected chi connectivity index (χ2v) is 8.27. The summed E-state index contributed by atoms with van der Waals surface area (Å²) in [5.41, 5.74) is 0.370. The minimum absolute atomic E-state index is 0.0885. The fourth-order valence-corrected chi connectivity index (χ4v) is 4.58. The Kier molecular flexibility index (Phi) is 7.23. The number of fused-ring (bicyclic) bond motifs is 1. The fourth-order valence-electron chi connectivity index (χ4n) is 4.58. The highest BCUT2D eigenvalue weighted by molar-refractivity contribution is 5.91. The maximum Gasteiger partial charge on any atom is 0.573 e. The third-order valence-electron chi connectivity index (χ3n) is 5.85. The molecule has 1 saturated heterocycles. The Hall–Kier alpha value is -2.29. The lowest BCUT2D eigenvalue weighted by atomic mass is 9.78. The molecule has 1 aliphatic heterocycles. The van der Waals surface area contributed by atoms with Crippen molar-refractivity contribution in [2.75, 3.05) is 32.0 Å². The molecular weight excluding hydrogens is 399 g/mol. The highest BCUT2D eigenvalue weighted by Crippen LogP contribution is 2.35. The lowest BCUT2D eigenvalue weighted by molar-refractivity contribution is -0.862. The molecule has 1 unspecified atom stereocenters. The fraction of sp³-hybridized carbons (Fsp3) is 0.619. The van der Waals surface area contributed by atoms with Crippen LogP contribution in [0.15, 0.2) is 24.3 Å². The Morgan fingerprint density at radius 2 is 1.77 bits per heavy atom. The third-order valence-corrected chi connectivity index (χ3v) is 5.85. The van der Waals surface area contributed by atoms with Gasteiger partial charge >= 0.3 is 6.36 Å². The van der Waals surface area contributed by atoms with Gasteiger partial charge in [-0.25, -0.2) is 0 Å². The van der Waals surface area contributed by atoms with Gasteiger partial charge in [0.05, 0.1) is 7.05 Å². The molecule has 1 aromatic carbocycles. The van der Waals surface area contributed by atoms with Crippen molar-refractivity contribution in [3.8, 4) is 5.75 Å². The predicted molar refractivity (Wildman–Crippen MR) is 105 cm³/mol. The lowest BCUT2D eigenvalue weighted by Crippen LogP contribution is -3.11. The van der Waals surface area contributed by atoms with E-state index in [0.29, 0.717) is 17.6 Å². The van der Waals surface area contributed by atoms with Crippen LogP contribution in [0.4, 0.5) is 18.9 Å². The van der Waals surface area contributed by atoms with Crippen molar-refractivity contribution in [2.45, 2.75) is 50.9 Å². The highest BCUT2D eigenvalue weighted by atomic mass is 19.4. The van der Waals surface area contributed by atoms with Crippen LogP contribution < -0.4 is 15.0 Å². The van der Waals surface area contributed by atoms with Crippen molar-refractivity contribution >= 4 is 17.5 Å². The number of amides is 2. The van der Waals surface area contributed by atoms with Crippen LogP contribution in [0.5, 0.6) is 5.75 Å². The number of carbonyl (C=O) groups is 2. The minimum Gasteiger partial charge on any atom is -0.406 e. The Morgan fingerprint density at radius 1 is 1.10 bits per heavy atom. The van der Waals surface area contributed by atoms with E-state index in [9.17, 15) is 22.8 Å². The normalized spacial score (nSPS) is 22.7. The van der Waals surface area contributed by atoms with Crippen LogP contribution in [-0.2, 0) is 9.59 Å². The first-order valence-electron chi connectivity index (χ1n) is 10.5. The van der Waals surface area contributed by atoms with Gasteiger partial charge in [0.15, 0.2) is 13.1 Å². The molecule has 166 valence electrons. The van der Waals surface area contributed by atoms with E-state index in [1.165, 1.54) is 37.8 Å². The number of nitrogens with zero attached hydrogens (tertiary/aromatic N) is 1. The van der Waals surface area contributed by atoms with Crippen LogP contribution >= 0.6 is 0 Å². The molecule has 0 spiro atoms. The van der Waals surface area contributed by atoms with E-state index >= 15 is 0 Å². The molecule has 1 aromatic rings. The average molecular weight is 428 g/mol. The summed E-state index contributed by atoms with van der Waals surface area (Å²) < 4.78 is 40.4. The van der Waals surface area contributed by atoms with Crippen molar-refractivity contribution in [1.29, 1.82) is 0 Å². The number of anilines is 1. The van der Waals surface area contributed by atoms with Gasteiger partial charge in [0.2, 0.25) is 0 Å². The number of nitrogens with one attached hydrogen (secondary N) is 2.